The van der Waals surface area contributed by atoms with Crippen LogP contribution in [0.15, 0.2) is 54.6 Å². The van der Waals surface area contributed by atoms with Gasteiger partial charge in [0.1, 0.15) is 35.1 Å². The molecule has 0 saturated heterocycles. The van der Waals surface area contributed by atoms with Crippen LogP contribution in [-0.4, -0.2) is 64.2 Å². The zero-order chi connectivity index (χ0) is 32.5. The maximum Gasteiger partial charge on any atom is 0.408 e. The number of hydrogen-bond donors (Lipinski definition) is 3. The van der Waals surface area contributed by atoms with E-state index in [0.717, 1.165) is 5.56 Å². The lowest BCUT2D eigenvalue weighted by Gasteiger charge is -2.34. The lowest BCUT2D eigenvalue weighted by molar-refractivity contribution is -0.159. The molecule has 2 aromatic rings. The second-order valence-corrected chi connectivity index (χ2v) is 12.7. The topological polar surface area (TPSA) is 134 Å². The molecule has 0 aliphatic rings. The van der Waals surface area contributed by atoms with Crippen LogP contribution in [0.1, 0.15) is 79.0 Å². The fraction of sp³-hybridized carbons (Fsp3) is 0.515. The van der Waals surface area contributed by atoms with Gasteiger partial charge in [0.15, 0.2) is 0 Å². The first-order chi connectivity index (χ1) is 19.9. The summed E-state index contributed by atoms with van der Waals surface area (Å²) in [5.74, 6) is -2.08. The number of amides is 3. The number of ether oxygens (including phenoxy) is 2. The minimum absolute atomic E-state index is 0.0170. The van der Waals surface area contributed by atoms with Crippen LogP contribution in [0.5, 0.6) is 5.75 Å². The van der Waals surface area contributed by atoms with Crippen LogP contribution >= 0.6 is 0 Å². The molecule has 0 radical (unpaired) electrons. The van der Waals surface area contributed by atoms with Gasteiger partial charge in [0.2, 0.25) is 11.8 Å². The lowest BCUT2D eigenvalue weighted by atomic mass is 9.96. The van der Waals surface area contributed by atoms with Crippen molar-refractivity contribution >= 4 is 23.9 Å². The van der Waals surface area contributed by atoms with Gasteiger partial charge in [0.25, 0.3) is 0 Å². The van der Waals surface area contributed by atoms with E-state index in [9.17, 15) is 24.3 Å². The van der Waals surface area contributed by atoms with Crippen LogP contribution in [0.25, 0.3) is 0 Å². The minimum Gasteiger partial charge on any atom is -0.508 e. The highest BCUT2D eigenvalue weighted by atomic mass is 16.6. The Balaban J connectivity index is 2.47. The molecule has 0 heterocycles. The molecule has 2 rings (SSSR count). The number of phenolic OH excluding ortho intramolecular Hbond substituents is 1. The number of aromatic hydroxyl groups is 1. The maximum absolute atomic E-state index is 14.0. The molecule has 0 aromatic heterocycles. The highest BCUT2D eigenvalue weighted by molar-refractivity contribution is 5.94. The van der Waals surface area contributed by atoms with Gasteiger partial charge in [0, 0.05) is 13.5 Å². The Labute approximate surface area is 255 Å². The predicted molar refractivity (Wildman–Crippen MR) is 164 cm³/mol. The van der Waals surface area contributed by atoms with Gasteiger partial charge < -0.3 is 30.1 Å². The number of esters is 1. The molecule has 0 aliphatic carbocycles. The largest absolute Gasteiger partial charge is 0.508 e. The zero-order valence-corrected chi connectivity index (χ0v) is 26.8. The summed E-state index contributed by atoms with van der Waals surface area (Å²) < 4.78 is 11.0. The van der Waals surface area contributed by atoms with E-state index >= 15 is 0 Å². The number of nitrogens with one attached hydrogen (secondary N) is 2. The highest BCUT2D eigenvalue weighted by Gasteiger charge is 2.38. The number of carbonyl (C=O) groups is 4. The molecule has 4 atom stereocenters. The Hall–Kier alpha value is -4.08. The zero-order valence-electron chi connectivity index (χ0n) is 26.8. The van der Waals surface area contributed by atoms with Crippen molar-refractivity contribution in [1.82, 2.24) is 15.5 Å². The van der Waals surface area contributed by atoms with Crippen LogP contribution in [0.3, 0.4) is 0 Å². The first-order valence-corrected chi connectivity index (χ1v) is 14.5. The van der Waals surface area contributed by atoms with Crippen molar-refractivity contribution in [2.75, 3.05) is 7.05 Å². The Morgan fingerprint density at radius 3 is 1.93 bits per heavy atom. The number of phenols is 1. The molecule has 2 aromatic carbocycles. The van der Waals surface area contributed by atoms with Crippen LogP contribution in [0.4, 0.5) is 4.79 Å². The number of nitrogens with zero attached hydrogens (tertiary/aromatic N) is 1. The second kappa shape index (κ2) is 14.9. The summed E-state index contributed by atoms with van der Waals surface area (Å²) in [4.78, 5) is 55.2. The SMILES string of the molecule is CCC(C)C(NC(=O)OC(C)(C)C)C(=O)N(C)C(C(=O)NC(Cc1ccccc1)C(=O)OC(C)(C)C)c1ccc(O)cc1. The summed E-state index contributed by atoms with van der Waals surface area (Å²) in [7, 11) is 1.46. The molecule has 43 heavy (non-hydrogen) atoms. The van der Waals surface area contributed by atoms with Gasteiger partial charge in [-0.2, -0.15) is 0 Å². The molecule has 0 bridgehead atoms. The van der Waals surface area contributed by atoms with Crippen molar-refractivity contribution in [2.24, 2.45) is 5.92 Å². The standard InChI is InChI=1S/C33H47N3O7/c1-10-21(2)26(35-31(41)43-33(6,7)8)29(39)36(9)27(23-16-18-24(37)19-17-23)28(38)34-25(30(40)42-32(3,4)5)20-22-14-12-11-13-15-22/h11-19,21,25-27,37H,10,20H2,1-9H3,(H,34,38)(H,35,41). The number of likely N-dealkylation sites (N-methyl/N-ethyl adjacent to an activating group) is 1. The molecule has 0 fully saturated rings. The van der Waals surface area contributed by atoms with E-state index in [1.54, 1.807) is 41.5 Å². The quantitative estimate of drug-likeness (QED) is 0.314. The van der Waals surface area contributed by atoms with Gasteiger partial charge in [-0.05, 0) is 70.7 Å². The first-order valence-electron chi connectivity index (χ1n) is 14.5. The summed E-state index contributed by atoms with van der Waals surface area (Å²) in [6.45, 7) is 14.1. The summed E-state index contributed by atoms with van der Waals surface area (Å²) in [5.41, 5.74) is -0.365. The maximum atomic E-state index is 14.0. The van der Waals surface area contributed by atoms with Crippen LogP contribution in [-0.2, 0) is 30.3 Å². The van der Waals surface area contributed by atoms with Crippen LogP contribution in [0.2, 0.25) is 0 Å². The van der Waals surface area contributed by atoms with Gasteiger partial charge in [-0.15, -0.1) is 0 Å². The van der Waals surface area contributed by atoms with Gasteiger partial charge in [-0.25, -0.2) is 9.59 Å². The average Bonchev–Trinajstić information content (AvgIpc) is 2.90. The Morgan fingerprint density at radius 1 is 0.860 bits per heavy atom. The number of alkyl carbamates (subject to hydrolysis) is 1. The average molecular weight is 598 g/mol. The lowest BCUT2D eigenvalue weighted by Crippen LogP contribution is -2.55. The van der Waals surface area contributed by atoms with Crippen LogP contribution in [0, 0.1) is 5.92 Å². The predicted octanol–water partition coefficient (Wildman–Crippen LogP) is 4.90. The fourth-order valence-electron chi connectivity index (χ4n) is 4.34. The van der Waals surface area contributed by atoms with E-state index < -0.39 is 53.2 Å². The third-order valence-electron chi connectivity index (χ3n) is 6.63. The summed E-state index contributed by atoms with van der Waals surface area (Å²) >= 11 is 0. The summed E-state index contributed by atoms with van der Waals surface area (Å²) in [6, 6.07) is 11.8. The Kier molecular flexibility index (Phi) is 12.2. The van der Waals surface area contributed by atoms with E-state index in [1.165, 1.54) is 36.2 Å². The van der Waals surface area contributed by atoms with Gasteiger partial charge in [-0.1, -0.05) is 62.7 Å². The van der Waals surface area contributed by atoms with Crippen molar-refractivity contribution in [3.8, 4) is 5.75 Å². The van der Waals surface area contributed by atoms with Crippen molar-refractivity contribution < 1.29 is 33.8 Å². The van der Waals surface area contributed by atoms with Crippen LogP contribution < -0.4 is 10.6 Å². The minimum atomic E-state index is -1.21. The summed E-state index contributed by atoms with van der Waals surface area (Å²) in [6.07, 6.45) is -0.0246. The molecular weight excluding hydrogens is 550 g/mol. The second-order valence-electron chi connectivity index (χ2n) is 12.7. The van der Waals surface area contributed by atoms with Crippen molar-refractivity contribution in [3.05, 3.63) is 65.7 Å². The molecule has 0 spiro atoms. The van der Waals surface area contributed by atoms with E-state index in [-0.39, 0.29) is 18.1 Å². The third-order valence-corrected chi connectivity index (χ3v) is 6.63. The van der Waals surface area contributed by atoms with E-state index in [2.05, 4.69) is 10.6 Å². The third kappa shape index (κ3) is 11.3. The van der Waals surface area contributed by atoms with E-state index in [0.29, 0.717) is 12.0 Å². The van der Waals surface area contributed by atoms with Crippen molar-refractivity contribution in [3.63, 3.8) is 0 Å². The molecule has 0 aliphatic heterocycles. The Morgan fingerprint density at radius 2 is 1.42 bits per heavy atom. The smallest absolute Gasteiger partial charge is 0.408 e. The molecule has 4 unspecified atom stereocenters. The normalized spacial score (nSPS) is 14.4. The summed E-state index contributed by atoms with van der Waals surface area (Å²) in [5, 5.41) is 15.4. The monoisotopic (exact) mass is 597 g/mol. The van der Waals surface area contributed by atoms with Gasteiger partial charge in [0.05, 0.1) is 0 Å². The first kappa shape index (κ1) is 35.1. The molecule has 3 N–H and O–H groups in total. The fourth-order valence-corrected chi connectivity index (χ4v) is 4.34. The number of carbonyl (C=O) groups excluding carboxylic acids is 4. The van der Waals surface area contributed by atoms with E-state index in [1.807, 2.05) is 44.2 Å². The number of rotatable bonds is 11. The molecule has 10 heteroatoms. The molecule has 0 saturated carbocycles. The van der Waals surface area contributed by atoms with Gasteiger partial charge in [-0.3, -0.25) is 9.59 Å². The van der Waals surface area contributed by atoms with Gasteiger partial charge >= 0.3 is 12.1 Å². The molecule has 3 amide bonds. The number of hydrogen-bond acceptors (Lipinski definition) is 7. The van der Waals surface area contributed by atoms with Crippen molar-refractivity contribution in [2.45, 2.75) is 97.6 Å². The van der Waals surface area contributed by atoms with Crippen molar-refractivity contribution in [1.29, 1.82) is 0 Å². The van der Waals surface area contributed by atoms with E-state index in [4.69, 9.17) is 9.47 Å². The molecular formula is C33H47N3O7. The molecule has 10 nitrogen and oxygen atoms in total. The molecule has 236 valence electrons. The number of benzene rings is 2. The highest BCUT2D eigenvalue weighted by Crippen LogP contribution is 2.25. The Bertz CT molecular complexity index is 1230.